The zero-order valence-electron chi connectivity index (χ0n) is 11.1. The van der Waals surface area contributed by atoms with E-state index in [9.17, 15) is 0 Å². The Balaban J connectivity index is 1.87. The molecule has 0 aliphatic carbocycles. The van der Waals surface area contributed by atoms with Gasteiger partial charge in [0.05, 0.1) is 5.01 Å². The summed E-state index contributed by atoms with van der Waals surface area (Å²) in [5.41, 5.74) is 0. The van der Waals surface area contributed by atoms with Crippen molar-refractivity contribution in [1.29, 1.82) is 0 Å². The number of nitrogens with one attached hydrogen (secondary N) is 1. The van der Waals surface area contributed by atoms with E-state index in [1.807, 2.05) is 11.3 Å². The van der Waals surface area contributed by atoms with Gasteiger partial charge in [0.1, 0.15) is 0 Å². The molecule has 0 bridgehead atoms. The standard InChI is InChI=1S/C13H23N3S/c1-10(2)6-13-15-7-12(17-13)9-16-5-4-14-11(3)8-16/h7,10-11,14H,4-6,8-9H2,1-3H3/t11-/m1/s1. The molecule has 0 amide bonds. The van der Waals surface area contributed by atoms with E-state index < -0.39 is 0 Å². The van der Waals surface area contributed by atoms with Gasteiger partial charge in [-0.15, -0.1) is 11.3 Å². The largest absolute Gasteiger partial charge is 0.312 e. The number of nitrogens with zero attached hydrogens (tertiary/aromatic N) is 2. The zero-order valence-corrected chi connectivity index (χ0v) is 11.9. The van der Waals surface area contributed by atoms with E-state index in [-0.39, 0.29) is 0 Å². The van der Waals surface area contributed by atoms with Gasteiger partial charge in [-0.25, -0.2) is 4.98 Å². The average Bonchev–Trinajstić information content (AvgIpc) is 2.64. The molecule has 1 fully saturated rings. The van der Waals surface area contributed by atoms with Crippen LogP contribution in [0.15, 0.2) is 6.20 Å². The quantitative estimate of drug-likeness (QED) is 0.891. The molecule has 3 nitrogen and oxygen atoms in total. The van der Waals surface area contributed by atoms with E-state index in [1.165, 1.54) is 9.88 Å². The summed E-state index contributed by atoms with van der Waals surface area (Å²) in [5.74, 6) is 0.702. The van der Waals surface area contributed by atoms with E-state index in [0.717, 1.165) is 32.6 Å². The average molecular weight is 253 g/mol. The first-order chi connectivity index (χ1) is 8.13. The first-order valence-corrected chi connectivity index (χ1v) is 7.34. The molecule has 4 heteroatoms. The van der Waals surface area contributed by atoms with Crippen LogP contribution in [0.5, 0.6) is 0 Å². The van der Waals surface area contributed by atoms with E-state index in [2.05, 4.69) is 42.2 Å². The summed E-state index contributed by atoms with van der Waals surface area (Å²) in [6.45, 7) is 11.2. The molecule has 0 aromatic carbocycles. The lowest BCUT2D eigenvalue weighted by atomic mass is 10.1. The van der Waals surface area contributed by atoms with Crippen LogP contribution < -0.4 is 5.32 Å². The van der Waals surface area contributed by atoms with Crippen molar-refractivity contribution in [2.45, 2.75) is 39.8 Å². The van der Waals surface area contributed by atoms with Crippen molar-refractivity contribution >= 4 is 11.3 Å². The summed E-state index contributed by atoms with van der Waals surface area (Å²) in [7, 11) is 0. The maximum atomic E-state index is 4.52. The van der Waals surface area contributed by atoms with Gasteiger partial charge in [0, 0.05) is 49.7 Å². The molecule has 2 rings (SSSR count). The van der Waals surface area contributed by atoms with Gasteiger partial charge in [0.25, 0.3) is 0 Å². The highest BCUT2D eigenvalue weighted by atomic mass is 32.1. The van der Waals surface area contributed by atoms with Crippen LogP contribution in [-0.4, -0.2) is 35.6 Å². The van der Waals surface area contributed by atoms with E-state index in [4.69, 9.17) is 0 Å². The van der Waals surface area contributed by atoms with Gasteiger partial charge < -0.3 is 5.32 Å². The number of piperazine rings is 1. The normalized spacial score (nSPS) is 22.2. The lowest BCUT2D eigenvalue weighted by molar-refractivity contribution is 0.201. The lowest BCUT2D eigenvalue weighted by Gasteiger charge is -2.31. The Labute approximate surface area is 108 Å². The maximum absolute atomic E-state index is 4.52. The molecule has 17 heavy (non-hydrogen) atoms. The van der Waals surface area contributed by atoms with Crippen molar-refractivity contribution in [3.63, 3.8) is 0 Å². The Morgan fingerprint density at radius 1 is 1.59 bits per heavy atom. The molecule has 1 aromatic rings. The molecule has 2 heterocycles. The maximum Gasteiger partial charge on any atom is 0.0930 e. The Morgan fingerprint density at radius 3 is 3.12 bits per heavy atom. The molecular formula is C13H23N3S. The molecule has 96 valence electrons. The molecule has 1 saturated heterocycles. The van der Waals surface area contributed by atoms with Gasteiger partial charge in [-0.05, 0) is 12.8 Å². The fourth-order valence-electron chi connectivity index (χ4n) is 2.24. The third-order valence-corrected chi connectivity index (χ3v) is 4.02. The summed E-state index contributed by atoms with van der Waals surface area (Å²) in [6, 6.07) is 0.617. The molecule has 0 spiro atoms. The smallest absolute Gasteiger partial charge is 0.0930 e. The molecule has 0 saturated carbocycles. The summed E-state index contributed by atoms with van der Waals surface area (Å²) >= 11 is 1.88. The molecule has 1 aromatic heterocycles. The van der Waals surface area contributed by atoms with Crippen LogP contribution in [0.25, 0.3) is 0 Å². The van der Waals surface area contributed by atoms with Gasteiger partial charge in [-0.3, -0.25) is 4.90 Å². The van der Waals surface area contributed by atoms with Crippen molar-refractivity contribution < 1.29 is 0 Å². The third kappa shape index (κ3) is 4.05. The van der Waals surface area contributed by atoms with Gasteiger partial charge in [0.2, 0.25) is 0 Å². The monoisotopic (exact) mass is 253 g/mol. The van der Waals surface area contributed by atoms with Crippen molar-refractivity contribution in [2.24, 2.45) is 5.92 Å². The van der Waals surface area contributed by atoms with Crippen LogP contribution >= 0.6 is 11.3 Å². The lowest BCUT2D eigenvalue weighted by Crippen LogP contribution is -2.48. The highest BCUT2D eigenvalue weighted by Crippen LogP contribution is 2.18. The molecule has 1 atom stereocenters. The van der Waals surface area contributed by atoms with E-state index >= 15 is 0 Å². The minimum atomic E-state index is 0.617. The van der Waals surface area contributed by atoms with E-state index in [1.54, 1.807) is 0 Å². The van der Waals surface area contributed by atoms with Gasteiger partial charge >= 0.3 is 0 Å². The molecule has 1 aliphatic rings. The van der Waals surface area contributed by atoms with Crippen LogP contribution in [0.1, 0.15) is 30.7 Å². The Hall–Kier alpha value is -0.450. The second kappa shape index (κ2) is 5.94. The first kappa shape index (κ1) is 13.0. The molecule has 0 radical (unpaired) electrons. The van der Waals surface area contributed by atoms with Crippen LogP contribution in [0.3, 0.4) is 0 Å². The topological polar surface area (TPSA) is 28.2 Å². The van der Waals surface area contributed by atoms with Crippen LogP contribution in [0.4, 0.5) is 0 Å². The van der Waals surface area contributed by atoms with Crippen LogP contribution in [-0.2, 0) is 13.0 Å². The Bertz CT molecular complexity index is 348. The molecular weight excluding hydrogens is 230 g/mol. The minimum absolute atomic E-state index is 0.617. The number of aromatic nitrogens is 1. The summed E-state index contributed by atoms with van der Waals surface area (Å²) in [4.78, 5) is 8.45. The minimum Gasteiger partial charge on any atom is -0.312 e. The van der Waals surface area contributed by atoms with Crippen molar-refractivity contribution in [3.8, 4) is 0 Å². The Morgan fingerprint density at radius 2 is 2.41 bits per heavy atom. The SMILES string of the molecule is CC(C)Cc1ncc(CN2CCN[C@H](C)C2)s1. The van der Waals surface area contributed by atoms with E-state index in [0.29, 0.717) is 12.0 Å². The molecule has 1 aliphatic heterocycles. The number of hydrogen-bond donors (Lipinski definition) is 1. The summed E-state index contributed by atoms with van der Waals surface area (Å²) in [6.07, 6.45) is 3.18. The fourth-order valence-corrected chi connectivity index (χ4v) is 3.42. The van der Waals surface area contributed by atoms with Crippen LogP contribution in [0.2, 0.25) is 0 Å². The first-order valence-electron chi connectivity index (χ1n) is 6.53. The summed E-state index contributed by atoms with van der Waals surface area (Å²) < 4.78 is 0. The second-order valence-corrected chi connectivity index (χ2v) is 6.61. The Kier molecular flexibility index (Phi) is 4.54. The third-order valence-electron chi connectivity index (χ3n) is 3.02. The zero-order chi connectivity index (χ0) is 12.3. The fraction of sp³-hybridized carbons (Fsp3) is 0.769. The highest BCUT2D eigenvalue weighted by molar-refractivity contribution is 7.11. The predicted octanol–water partition coefficient (Wildman–Crippen LogP) is 2.14. The molecule has 1 N–H and O–H groups in total. The number of thiazole rings is 1. The second-order valence-electron chi connectivity index (χ2n) is 5.41. The van der Waals surface area contributed by atoms with Gasteiger partial charge in [-0.1, -0.05) is 13.8 Å². The number of hydrogen-bond acceptors (Lipinski definition) is 4. The van der Waals surface area contributed by atoms with Gasteiger partial charge in [-0.2, -0.15) is 0 Å². The summed E-state index contributed by atoms with van der Waals surface area (Å²) in [5, 5.41) is 4.77. The molecule has 0 unspecified atom stereocenters. The highest BCUT2D eigenvalue weighted by Gasteiger charge is 2.16. The van der Waals surface area contributed by atoms with Crippen LogP contribution in [0, 0.1) is 5.92 Å². The van der Waals surface area contributed by atoms with Crippen molar-refractivity contribution in [2.75, 3.05) is 19.6 Å². The predicted molar refractivity (Wildman–Crippen MR) is 73.4 cm³/mol. The van der Waals surface area contributed by atoms with Gasteiger partial charge in [0.15, 0.2) is 0 Å². The van der Waals surface area contributed by atoms with Crippen molar-refractivity contribution in [3.05, 3.63) is 16.1 Å². The van der Waals surface area contributed by atoms with Crippen molar-refractivity contribution in [1.82, 2.24) is 15.2 Å². The number of rotatable bonds is 4.